The van der Waals surface area contributed by atoms with Crippen LogP contribution in [0.5, 0.6) is 0 Å². The van der Waals surface area contributed by atoms with Gasteiger partial charge in [-0.15, -0.1) is 4.91 Å². The molecule has 0 aromatic heterocycles. The van der Waals surface area contributed by atoms with Crippen molar-refractivity contribution in [3.05, 3.63) is 45.3 Å². The van der Waals surface area contributed by atoms with E-state index in [2.05, 4.69) is 15.6 Å². The lowest BCUT2D eigenvalue weighted by Gasteiger charge is -2.08. The van der Waals surface area contributed by atoms with E-state index in [9.17, 15) is 9.30 Å². The Bertz CT molecular complexity index is 545. The van der Waals surface area contributed by atoms with E-state index in [1.165, 1.54) is 29.5 Å². The zero-order valence-electron chi connectivity index (χ0n) is 9.10. The minimum absolute atomic E-state index is 0.0456. The fourth-order valence-electron chi connectivity index (χ4n) is 1.41. The fraction of sp³-hybridized carbons (Fsp3) is 0.100. The fourth-order valence-corrected chi connectivity index (χ4v) is 1.59. The van der Waals surface area contributed by atoms with Crippen LogP contribution >= 0.6 is 11.6 Å². The first-order valence-electron chi connectivity index (χ1n) is 4.95. The van der Waals surface area contributed by atoms with E-state index in [1.807, 2.05) is 0 Å². The summed E-state index contributed by atoms with van der Waals surface area (Å²) in [5.41, 5.74) is 0.986. The summed E-state index contributed by atoms with van der Waals surface area (Å²) in [6.45, 7) is 0.267. The van der Waals surface area contributed by atoms with Crippen LogP contribution in [0.3, 0.4) is 0 Å². The van der Waals surface area contributed by atoms with E-state index in [0.29, 0.717) is 11.3 Å². The van der Waals surface area contributed by atoms with Crippen LogP contribution < -0.4 is 11.2 Å². The molecule has 1 aliphatic heterocycles. The quantitative estimate of drug-likeness (QED) is 0.650. The highest BCUT2D eigenvalue weighted by atomic mass is 35.5. The number of halogens is 2. The SMILES string of the molecule is NN1C/C(=C(\N=O)Nc2ccc(F)c(Cl)c2)C=N1. The number of nitrogens with two attached hydrogens (primary N) is 1. The van der Waals surface area contributed by atoms with Gasteiger partial charge in [0.05, 0.1) is 17.8 Å². The van der Waals surface area contributed by atoms with E-state index in [0.717, 1.165) is 0 Å². The van der Waals surface area contributed by atoms with Crippen molar-refractivity contribution in [2.75, 3.05) is 11.9 Å². The molecule has 18 heavy (non-hydrogen) atoms. The lowest BCUT2D eigenvalue weighted by molar-refractivity contribution is 0.346. The predicted molar refractivity (Wildman–Crippen MR) is 67.2 cm³/mol. The summed E-state index contributed by atoms with van der Waals surface area (Å²) in [4.78, 5) is 10.8. The Hall–Kier alpha value is -1.99. The van der Waals surface area contributed by atoms with E-state index < -0.39 is 5.82 Å². The zero-order chi connectivity index (χ0) is 13.1. The van der Waals surface area contributed by atoms with Crippen LogP contribution in [-0.4, -0.2) is 17.9 Å². The molecule has 1 aromatic carbocycles. The maximum atomic E-state index is 13.0. The summed E-state index contributed by atoms with van der Waals surface area (Å²) in [7, 11) is 0. The highest BCUT2D eigenvalue weighted by molar-refractivity contribution is 6.31. The Kier molecular flexibility index (Phi) is 3.54. The van der Waals surface area contributed by atoms with Crippen molar-refractivity contribution in [2.24, 2.45) is 16.1 Å². The lowest BCUT2D eigenvalue weighted by Crippen LogP contribution is -2.23. The Labute approximate surface area is 107 Å². The molecule has 0 radical (unpaired) electrons. The van der Waals surface area contributed by atoms with Gasteiger partial charge in [0.2, 0.25) is 0 Å². The molecule has 0 atom stereocenters. The molecular formula is C10H9ClFN5O. The molecule has 6 nitrogen and oxygen atoms in total. The first-order chi connectivity index (χ1) is 8.60. The van der Waals surface area contributed by atoms with Crippen LogP contribution in [-0.2, 0) is 0 Å². The van der Waals surface area contributed by atoms with E-state index in [-0.39, 0.29) is 17.4 Å². The van der Waals surface area contributed by atoms with Gasteiger partial charge in [-0.3, -0.25) is 0 Å². The Morgan fingerprint density at radius 2 is 2.39 bits per heavy atom. The van der Waals surface area contributed by atoms with Gasteiger partial charge in [0.25, 0.3) is 0 Å². The van der Waals surface area contributed by atoms with E-state index in [4.69, 9.17) is 17.4 Å². The van der Waals surface area contributed by atoms with Gasteiger partial charge < -0.3 is 5.32 Å². The molecule has 0 amide bonds. The Morgan fingerprint density at radius 3 is 2.94 bits per heavy atom. The highest BCUT2D eigenvalue weighted by Crippen LogP contribution is 2.21. The summed E-state index contributed by atoms with van der Waals surface area (Å²) in [6, 6.07) is 3.99. The number of hydrogen-bond acceptors (Lipinski definition) is 6. The van der Waals surface area contributed by atoms with E-state index in [1.54, 1.807) is 0 Å². The highest BCUT2D eigenvalue weighted by Gasteiger charge is 2.14. The van der Waals surface area contributed by atoms with Crippen molar-refractivity contribution >= 4 is 23.5 Å². The summed E-state index contributed by atoms with van der Waals surface area (Å²) in [6.07, 6.45) is 1.43. The maximum absolute atomic E-state index is 13.0. The first kappa shape index (κ1) is 12.5. The summed E-state index contributed by atoms with van der Waals surface area (Å²) in [5, 5.41) is 10.5. The molecule has 3 N–H and O–H groups in total. The number of nitrogens with zero attached hydrogens (tertiary/aromatic N) is 3. The van der Waals surface area contributed by atoms with Gasteiger partial charge >= 0.3 is 0 Å². The minimum atomic E-state index is -0.536. The van der Waals surface area contributed by atoms with Gasteiger partial charge in [0.15, 0.2) is 5.82 Å². The van der Waals surface area contributed by atoms with Crippen molar-refractivity contribution < 1.29 is 4.39 Å². The van der Waals surface area contributed by atoms with Crippen LogP contribution in [0.4, 0.5) is 10.1 Å². The number of hydrogen-bond donors (Lipinski definition) is 2. The number of hydrazone groups is 1. The normalized spacial score (nSPS) is 16.9. The second kappa shape index (κ2) is 5.11. The molecule has 94 valence electrons. The number of hydrazine groups is 1. The van der Waals surface area contributed by atoms with Crippen LogP contribution in [0, 0.1) is 10.7 Å². The Morgan fingerprint density at radius 1 is 1.61 bits per heavy atom. The molecule has 0 spiro atoms. The number of benzene rings is 1. The molecule has 0 unspecified atom stereocenters. The third-order valence-corrected chi connectivity index (χ3v) is 2.56. The van der Waals surface area contributed by atoms with Crippen LogP contribution in [0.2, 0.25) is 5.02 Å². The Balaban J connectivity index is 2.23. The smallest absolute Gasteiger partial charge is 0.181 e. The molecule has 1 aliphatic rings. The molecule has 0 fully saturated rings. The summed E-state index contributed by atoms with van der Waals surface area (Å²) < 4.78 is 13.0. The van der Waals surface area contributed by atoms with Crippen molar-refractivity contribution in [1.29, 1.82) is 0 Å². The van der Waals surface area contributed by atoms with E-state index >= 15 is 0 Å². The van der Waals surface area contributed by atoms with Crippen molar-refractivity contribution in [2.45, 2.75) is 0 Å². The molecule has 0 saturated heterocycles. The molecule has 0 bridgehead atoms. The molecule has 8 heteroatoms. The lowest BCUT2D eigenvalue weighted by atomic mass is 10.2. The average Bonchev–Trinajstić information content (AvgIpc) is 2.77. The average molecular weight is 270 g/mol. The summed E-state index contributed by atoms with van der Waals surface area (Å²) >= 11 is 5.63. The monoisotopic (exact) mass is 269 g/mol. The van der Waals surface area contributed by atoms with Crippen molar-refractivity contribution in [3.8, 4) is 0 Å². The van der Waals surface area contributed by atoms with Crippen LogP contribution in [0.1, 0.15) is 0 Å². The second-order valence-corrected chi connectivity index (χ2v) is 3.97. The molecule has 2 rings (SSSR count). The van der Waals surface area contributed by atoms with Gasteiger partial charge in [-0.2, -0.15) is 5.10 Å². The standard InChI is InChI=1S/C10H9ClFN5O/c11-8-3-7(1-2-9(8)12)15-10(16-18)6-4-14-17(13)5-6/h1-4,15H,5,13H2/b10-6-. The van der Waals surface area contributed by atoms with Crippen molar-refractivity contribution in [1.82, 2.24) is 5.12 Å². The number of nitrogens with one attached hydrogen (secondary N) is 1. The second-order valence-electron chi connectivity index (χ2n) is 3.56. The molecule has 1 aromatic rings. The zero-order valence-corrected chi connectivity index (χ0v) is 9.86. The predicted octanol–water partition coefficient (Wildman–Crippen LogP) is 2.04. The molecule has 0 saturated carbocycles. The van der Waals surface area contributed by atoms with Crippen LogP contribution in [0.25, 0.3) is 0 Å². The third kappa shape index (κ3) is 2.63. The number of anilines is 1. The number of nitroso groups, excluding NO2 is 1. The minimum Gasteiger partial charge on any atom is -0.337 e. The topological polar surface area (TPSA) is 83.1 Å². The largest absolute Gasteiger partial charge is 0.337 e. The third-order valence-electron chi connectivity index (χ3n) is 2.27. The van der Waals surface area contributed by atoms with Crippen LogP contribution in [0.15, 0.2) is 39.9 Å². The van der Waals surface area contributed by atoms with Gasteiger partial charge in [-0.1, -0.05) is 11.6 Å². The van der Waals surface area contributed by atoms with Gasteiger partial charge in [-0.05, 0) is 23.4 Å². The van der Waals surface area contributed by atoms with Crippen molar-refractivity contribution in [3.63, 3.8) is 0 Å². The van der Waals surface area contributed by atoms with Gasteiger partial charge in [-0.25, -0.2) is 15.4 Å². The first-order valence-corrected chi connectivity index (χ1v) is 5.32. The molecule has 1 heterocycles. The molecule has 0 aliphatic carbocycles. The summed E-state index contributed by atoms with van der Waals surface area (Å²) in [5.74, 6) is 4.94. The van der Waals surface area contributed by atoms with Gasteiger partial charge in [0, 0.05) is 11.3 Å². The van der Waals surface area contributed by atoms with Gasteiger partial charge in [0.1, 0.15) is 5.82 Å². The number of rotatable bonds is 3. The maximum Gasteiger partial charge on any atom is 0.181 e. The molecular weight excluding hydrogens is 261 g/mol.